The number of carbonyl (C=O) groups is 1. The summed E-state index contributed by atoms with van der Waals surface area (Å²) in [5.74, 6) is 0.957. The van der Waals surface area contributed by atoms with Gasteiger partial charge in [-0.1, -0.05) is 18.2 Å². The monoisotopic (exact) mass is 452 g/mol. The van der Waals surface area contributed by atoms with Crippen LogP contribution in [0.5, 0.6) is 5.75 Å². The molecule has 1 aromatic heterocycles. The molecule has 6 nitrogen and oxygen atoms in total. The number of para-hydroxylation sites is 1. The number of rotatable bonds is 8. The molecule has 0 unspecified atom stereocenters. The summed E-state index contributed by atoms with van der Waals surface area (Å²) in [5, 5.41) is 4.17. The van der Waals surface area contributed by atoms with E-state index in [0.29, 0.717) is 13.2 Å². The van der Waals surface area contributed by atoms with Crippen molar-refractivity contribution in [2.75, 3.05) is 51.2 Å². The van der Waals surface area contributed by atoms with Crippen LogP contribution in [0.4, 0.5) is 5.69 Å². The van der Waals surface area contributed by atoms with E-state index in [1.807, 2.05) is 51.1 Å². The zero-order valence-corrected chi connectivity index (χ0v) is 20.0. The lowest BCUT2D eigenvalue weighted by Gasteiger charge is -2.34. The number of anilines is 1. The first-order chi connectivity index (χ1) is 15.5. The summed E-state index contributed by atoms with van der Waals surface area (Å²) in [6.07, 6.45) is 0.987. The number of nitrogens with one attached hydrogen (secondary N) is 1. The number of hydrogen-bond acceptors (Lipinski definition) is 6. The van der Waals surface area contributed by atoms with Gasteiger partial charge in [-0.2, -0.15) is 0 Å². The summed E-state index contributed by atoms with van der Waals surface area (Å²) in [6, 6.07) is 12.2. The van der Waals surface area contributed by atoms with Gasteiger partial charge in [0, 0.05) is 44.5 Å². The topological polar surface area (TPSA) is 57.7 Å². The first-order valence-corrected chi connectivity index (χ1v) is 12.1. The Hall–Kier alpha value is -2.48. The van der Waals surface area contributed by atoms with E-state index in [4.69, 9.17) is 4.74 Å². The Bertz CT molecular complexity index is 1050. The predicted octanol–water partition coefficient (Wildman–Crippen LogP) is 4.25. The maximum absolute atomic E-state index is 12.5. The molecule has 0 bridgehead atoms. The molecule has 1 aliphatic heterocycles. The van der Waals surface area contributed by atoms with Crippen LogP contribution < -0.4 is 10.1 Å². The van der Waals surface area contributed by atoms with Crippen LogP contribution in [0.2, 0.25) is 0 Å². The maximum Gasteiger partial charge on any atom is 0.238 e. The summed E-state index contributed by atoms with van der Waals surface area (Å²) in [6.45, 7) is 12.1. The largest absolute Gasteiger partial charge is 0.493 e. The zero-order valence-electron chi connectivity index (χ0n) is 19.2. The Kier molecular flexibility index (Phi) is 7.40. The van der Waals surface area contributed by atoms with Crippen LogP contribution in [0.15, 0.2) is 36.4 Å². The standard InChI is InChI=1S/C25H32N4O2S/c1-18-6-4-7-19(2)25(18)27-24(30)17-29-13-11-28(12-14-29)10-5-15-31-21-8-9-23-22(16-21)26-20(3)32-23/h4,6-9,16H,5,10-15,17H2,1-3H3,(H,27,30). The second-order valence-electron chi connectivity index (χ2n) is 8.50. The van der Waals surface area contributed by atoms with Crippen molar-refractivity contribution < 1.29 is 9.53 Å². The molecule has 1 aliphatic rings. The van der Waals surface area contributed by atoms with E-state index in [1.165, 1.54) is 4.70 Å². The molecule has 0 saturated carbocycles. The number of thiazole rings is 1. The van der Waals surface area contributed by atoms with Gasteiger partial charge in [-0.05, 0) is 50.5 Å². The third-order valence-corrected chi connectivity index (χ3v) is 6.88. The van der Waals surface area contributed by atoms with Crippen LogP contribution in [0.1, 0.15) is 22.6 Å². The normalized spacial score (nSPS) is 15.2. The Balaban J connectivity index is 1.14. The molecule has 4 rings (SSSR count). The van der Waals surface area contributed by atoms with Gasteiger partial charge in [0.05, 0.1) is 28.4 Å². The molecule has 0 atom stereocenters. The van der Waals surface area contributed by atoms with Crippen LogP contribution >= 0.6 is 11.3 Å². The molecule has 0 aliphatic carbocycles. The maximum atomic E-state index is 12.5. The van der Waals surface area contributed by atoms with E-state index in [9.17, 15) is 4.79 Å². The predicted molar refractivity (Wildman–Crippen MR) is 132 cm³/mol. The lowest BCUT2D eigenvalue weighted by atomic mass is 10.1. The molecule has 32 heavy (non-hydrogen) atoms. The molecular formula is C25H32N4O2S. The fraction of sp³-hybridized carbons (Fsp3) is 0.440. The lowest BCUT2D eigenvalue weighted by Crippen LogP contribution is -2.48. The van der Waals surface area contributed by atoms with E-state index in [2.05, 4.69) is 26.2 Å². The second kappa shape index (κ2) is 10.4. The quantitative estimate of drug-likeness (QED) is 0.518. The summed E-state index contributed by atoms with van der Waals surface area (Å²) in [5.41, 5.74) is 4.17. The van der Waals surface area contributed by atoms with Crippen LogP contribution in [0.3, 0.4) is 0 Å². The molecule has 1 N–H and O–H groups in total. The summed E-state index contributed by atoms with van der Waals surface area (Å²) >= 11 is 1.71. The summed E-state index contributed by atoms with van der Waals surface area (Å²) in [7, 11) is 0. The Morgan fingerprint density at radius 2 is 1.78 bits per heavy atom. The van der Waals surface area contributed by atoms with Gasteiger partial charge < -0.3 is 15.0 Å². The number of hydrogen-bond donors (Lipinski definition) is 1. The fourth-order valence-corrected chi connectivity index (χ4v) is 4.96. The molecule has 1 fully saturated rings. The molecule has 0 radical (unpaired) electrons. The van der Waals surface area contributed by atoms with Gasteiger partial charge in [-0.25, -0.2) is 4.98 Å². The van der Waals surface area contributed by atoms with Gasteiger partial charge in [0.25, 0.3) is 0 Å². The number of fused-ring (bicyclic) bond motifs is 1. The van der Waals surface area contributed by atoms with E-state index in [0.717, 1.165) is 72.2 Å². The molecule has 2 aromatic carbocycles. The fourth-order valence-electron chi connectivity index (χ4n) is 4.16. The molecule has 1 saturated heterocycles. The second-order valence-corrected chi connectivity index (χ2v) is 9.73. The third-order valence-electron chi connectivity index (χ3n) is 5.93. The number of carbonyl (C=O) groups excluding carboxylic acids is 1. The van der Waals surface area contributed by atoms with Crippen LogP contribution in [-0.2, 0) is 4.79 Å². The molecule has 170 valence electrons. The van der Waals surface area contributed by atoms with Crippen molar-refractivity contribution in [3.8, 4) is 5.75 Å². The minimum absolute atomic E-state index is 0.0662. The number of ether oxygens (including phenoxy) is 1. The van der Waals surface area contributed by atoms with E-state index >= 15 is 0 Å². The third kappa shape index (κ3) is 5.85. The molecule has 1 amide bonds. The van der Waals surface area contributed by atoms with Crippen molar-refractivity contribution in [3.63, 3.8) is 0 Å². The Morgan fingerprint density at radius 1 is 1.06 bits per heavy atom. The van der Waals surface area contributed by atoms with Crippen molar-refractivity contribution in [2.45, 2.75) is 27.2 Å². The molecule has 3 aromatic rings. The number of aromatic nitrogens is 1. The SMILES string of the molecule is Cc1nc2cc(OCCCN3CCN(CC(=O)Nc4c(C)cccc4C)CC3)ccc2s1. The molecule has 2 heterocycles. The molecule has 0 spiro atoms. The number of piperazine rings is 1. The Labute approximate surface area is 194 Å². The molecular weight excluding hydrogens is 420 g/mol. The summed E-state index contributed by atoms with van der Waals surface area (Å²) < 4.78 is 7.14. The van der Waals surface area contributed by atoms with Gasteiger partial charge in [-0.3, -0.25) is 9.69 Å². The van der Waals surface area contributed by atoms with Crippen molar-refractivity contribution in [3.05, 3.63) is 52.5 Å². The minimum Gasteiger partial charge on any atom is -0.493 e. The van der Waals surface area contributed by atoms with Crippen molar-refractivity contribution in [2.24, 2.45) is 0 Å². The van der Waals surface area contributed by atoms with Gasteiger partial charge in [0.1, 0.15) is 5.75 Å². The van der Waals surface area contributed by atoms with Gasteiger partial charge in [-0.15, -0.1) is 11.3 Å². The van der Waals surface area contributed by atoms with E-state index in [-0.39, 0.29) is 5.91 Å². The number of benzene rings is 2. The van der Waals surface area contributed by atoms with Gasteiger partial charge in [0.15, 0.2) is 0 Å². The Morgan fingerprint density at radius 3 is 2.53 bits per heavy atom. The molecule has 7 heteroatoms. The van der Waals surface area contributed by atoms with Crippen LogP contribution in [0.25, 0.3) is 10.2 Å². The lowest BCUT2D eigenvalue weighted by molar-refractivity contribution is -0.117. The van der Waals surface area contributed by atoms with Gasteiger partial charge >= 0.3 is 0 Å². The van der Waals surface area contributed by atoms with E-state index < -0.39 is 0 Å². The van der Waals surface area contributed by atoms with Crippen molar-refractivity contribution >= 4 is 33.1 Å². The summed E-state index contributed by atoms with van der Waals surface area (Å²) in [4.78, 5) is 21.7. The number of nitrogens with zero attached hydrogens (tertiary/aromatic N) is 3. The highest BCUT2D eigenvalue weighted by Gasteiger charge is 2.19. The van der Waals surface area contributed by atoms with Gasteiger partial charge in [0.2, 0.25) is 5.91 Å². The number of aryl methyl sites for hydroxylation is 3. The van der Waals surface area contributed by atoms with Crippen molar-refractivity contribution in [1.29, 1.82) is 0 Å². The zero-order chi connectivity index (χ0) is 22.5. The smallest absolute Gasteiger partial charge is 0.238 e. The average Bonchev–Trinajstić information content (AvgIpc) is 3.14. The minimum atomic E-state index is 0.0662. The van der Waals surface area contributed by atoms with Crippen LogP contribution in [0, 0.1) is 20.8 Å². The van der Waals surface area contributed by atoms with E-state index in [1.54, 1.807) is 11.3 Å². The highest BCUT2D eigenvalue weighted by molar-refractivity contribution is 7.18. The number of amides is 1. The highest BCUT2D eigenvalue weighted by Crippen LogP contribution is 2.25. The average molecular weight is 453 g/mol. The first kappa shape index (κ1) is 22.7. The van der Waals surface area contributed by atoms with Crippen molar-refractivity contribution in [1.82, 2.24) is 14.8 Å². The highest BCUT2D eigenvalue weighted by atomic mass is 32.1. The first-order valence-electron chi connectivity index (χ1n) is 11.3. The van der Waals surface area contributed by atoms with Crippen LogP contribution in [-0.4, -0.2) is 66.6 Å².